The van der Waals surface area contributed by atoms with Crippen LogP contribution in [0.1, 0.15) is 53.7 Å². The number of hydrogen-bond acceptors (Lipinski definition) is 5. The maximum Gasteiger partial charge on any atom is 0.251 e. The fraction of sp³-hybridized carbons (Fsp3) is 0.304. The van der Waals surface area contributed by atoms with Crippen LogP contribution in [0.15, 0.2) is 54.6 Å². The Morgan fingerprint density at radius 1 is 0.967 bits per heavy atom. The Balaban J connectivity index is 1.43. The number of benzene rings is 2. The van der Waals surface area contributed by atoms with E-state index in [4.69, 9.17) is 0 Å². The standard InChI is InChI=1S/C23H26N4O2S/c1-23(2,3)18-11-9-17(10-12-18)21(29)24-14-13-19(28)25-22-27-26-20(30-22)15-16-7-5-4-6-8-16/h4-12H,13-15H2,1-3H3,(H,24,29)(H,25,27,28). The summed E-state index contributed by atoms with van der Waals surface area (Å²) in [6.45, 7) is 6.64. The molecule has 0 saturated carbocycles. The number of rotatable bonds is 7. The summed E-state index contributed by atoms with van der Waals surface area (Å²) >= 11 is 1.35. The minimum Gasteiger partial charge on any atom is -0.352 e. The Labute approximate surface area is 180 Å². The second kappa shape index (κ2) is 9.63. The van der Waals surface area contributed by atoms with Gasteiger partial charge < -0.3 is 10.6 Å². The van der Waals surface area contributed by atoms with Gasteiger partial charge in [-0.15, -0.1) is 10.2 Å². The minimum absolute atomic E-state index is 0.0404. The summed E-state index contributed by atoms with van der Waals surface area (Å²) in [5.74, 6) is -0.398. The van der Waals surface area contributed by atoms with Gasteiger partial charge in [-0.25, -0.2) is 0 Å². The van der Waals surface area contributed by atoms with Crippen molar-refractivity contribution in [2.24, 2.45) is 0 Å². The maximum absolute atomic E-state index is 12.3. The Morgan fingerprint density at radius 3 is 2.33 bits per heavy atom. The summed E-state index contributed by atoms with van der Waals surface area (Å²) in [5, 5.41) is 15.0. The van der Waals surface area contributed by atoms with Crippen LogP contribution in [-0.2, 0) is 16.6 Å². The van der Waals surface area contributed by atoms with Crippen molar-refractivity contribution in [3.05, 3.63) is 76.3 Å². The molecule has 2 amide bonds. The van der Waals surface area contributed by atoms with Crippen LogP contribution < -0.4 is 10.6 Å². The van der Waals surface area contributed by atoms with Gasteiger partial charge >= 0.3 is 0 Å². The van der Waals surface area contributed by atoms with Gasteiger partial charge in [0.1, 0.15) is 5.01 Å². The van der Waals surface area contributed by atoms with E-state index in [2.05, 4.69) is 41.6 Å². The molecule has 0 aliphatic rings. The molecular weight excluding hydrogens is 396 g/mol. The molecule has 156 valence electrons. The molecule has 1 aromatic heterocycles. The van der Waals surface area contributed by atoms with E-state index in [1.165, 1.54) is 16.9 Å². The van der Waals surface area contributed by atoms with E-state index >= 15 is 0 Å². The Hall–Kier alpha value is -3.06. The van der Waals surface area contributed by atoms with E-state index in [-0.39, 0.29) is 30.2 Å². The van der Waals surface area contributed by atoms with E-state index in [1.807, 2.05) is 54.6 Å². The smallest absolute Gasteiger partial charge is 0.251 e. The van der Waals surface area contributed by atoms with E-state index in [1.54, 1.807) is 0 Å². The number of hydrogen-bond donors (Lipinski definition) is 2. The third-order valence-electron chi connectivity index (χ3n) is 4.56. The molecule has 2 aromatic carbocycles. The van der Waals surface area contributed by atoms with Crippen LogP contribution in [0.4, 0.5) is 5.13 Å². The molecule has 0 fully saturated rings. The number of aromatic nitrogens is 2. The highest BCUT2D eigenvalue weighted by molar-refractivity contribution is 7.15. The molecular formula is C23H26N4O2S. The lowest BCUT2D eigenvalue weighted by molar-refractivity contribution is -0.116. The second-order valence-corrected chi connectivity index (χ2v) is 9.11. The van der Waals surface area contributed by atoms with E-state index in [9.17, 15) is 9.59 Å². The van der Waals surface area contributed by atoms with Crippen molar-refractivity contribution in [1.82, 2.24) is 15.5 Å². The molecule has 3 rings (SSSR count). The molecule has 1 heterocycles. The topological polar surface area (TPSA) is 84.0 Å². The molecule has 0 atom stereocenters. The SMILES string of the molecule is CC(C)(C)c1ccc(C(=O)NCCC(=O)Nc2nnc(Cc3ccccc3)s2)cc1. The number of carbonyl (C=O) groups excluding carboxylic acids is 2. The fourth-order valence-electron chi connectivity index (χ4n) is 2.84. The van der Waals surface area contributed by atoms with Gasteiger partial charge in [-0.3, -0.25) is 9.59 Å². The van der Waals surface area contributed by atoms with E-state index < -0.39 is 0 Å². The fourth-order valence-corrected chi connectivity index (χ4v) is 3.63. The zero-order valence-corrected chi connectivity index (χ0v) is 18.3. The summed E-state index contributed by atoms with van der Waals surface area (Å²) in [7, 11) is 0. The van der Waals surface area contributed by atoms with Gasteiger partial charge in [0.05, 0.1) is 0 Å². The number of nitrogens with zero attached hydrogens (tertiary/aromatic N) is 2. The molecule has 6 nitrogen and oxygen atoms in total. The quantitative estimate of drug-likeness (QED) is 0.598. The van der Waals surface area contributed by atoms with Crippen LogP contribution in [0, 0.1) is 0 Å². The number of carbonyl (C=O) groups is 2. The molecule has 0 spiro atoms. The molecule has 3 aromatic rings. The third-order valence-corrected chi connectivity index (χ3v) is 5.40. The summed E-state index contributed by atoms with van der Waals surface area (Å²) in [6.07, 6.45) is 0.845. The van der Waals surface area contributed by atoms with Crippen molar-refractivity contribution < 1.29 is 9.59 Å². The van der Waals surface area contributed by atoms with Crippen molar-refractivity contribution in [1.29, 1.82) is 0 Å². The summed E-state index contributed by atoms with van der Waals surface area (Å²) in [4.78, 5) is 24.4. The molecule has 0 aliphatic heterocycles. The number of nitrogens with one attached hydrogen (secondary N) is 2. The second-order valence-electron chi connectivity index (χ2n) is 8.04. The van der Waals surface area contributed by atoms with Gasteiger partial charge in [0.25, 0.3) is 5.91 Å². The summed E-state index contributed by atoms with van der Waals surface area (Å²) in [5.41, 5.74) is 2.93. The highest BCUT2D eigenvalue weighted by Crippen LogP contribution is 2.22. The predicted octanol–water partition coefficient (Wildman–Crippen LogP) is 4.19. The first-order chi connectivity index (χ1) is 14.3. The average Bonchev–Trinajstić information content (AvgIpc) is 3.14. The van der Waals surface area contributed by atoms with Gasteiger partial charge in [0.2, 0.25) is 11.0 Å². The first kappa shape index (κ1) is 21.6. The van der Waals surface area contributed by atoms with Crippen molar-refractivity contribution in [3.8, 4) is 0 Å². The van der Waals surface area contributed by atoms with Crippen molar-refractivity contribution in [3.63, 3.8) is 0 Å². The normalized spacial score (nSPS) is 11.2. The minimum atomic E-state index is -0.208. The number of amides is 2. The first-order valence-corrected chi connectivity index (χ1v) is 10.7. The Bertz CT molecular complexity index is 992. The van der Waals surface area contributed by atoms with Crippen LogP contribution in [0.2, 0.25) is 0 Å². The first-order valence-electron chi connectivity index (χ1n) is 9.86. The summed E-state index contributed by atoms with van der Waals surface area (Å²) < 4.78 is 0. The van der Waals surface area contributed by atoms with Gasteiger partial charge in [0.15, 0.2) is 0 Å². The molecule has 0 unspecified atom stereocenters. The number of anilines is 1. The highest BCUT2D eigenvalue weighted by atomic mass is 32.1. The van der Waals surface area contributed by atoms with E-state index in [0.717, 1.165) is 10.6 Å². The molecule has 0 bridgehead atoms. The van der Waals surface area contributed by atoms with Crippen LogP contribution >= 0.6 is 11.3 Å². The van der Waals surface area contributed by atoms with Gasteiger partial charge in [-0.05, 0) is 28.7 Å². The third kappa shape index (κ3) is 6.22. The lowest BCUT2D eigenvalue weighted by Gasteiger charge is -2.19. The Kier molecular flexibility index (Phi) is 6.95. The predicted molar refractivity (Wildman–Crippen MR) is 120 cm³/mol. The molecule has 2 N–H and O–H groups in total. The largest absolute Gasteiger partial charge is 0.352 e. The van der Waals surface area contributed by atoms with Crippen LogP contribution in [-0.4, -0.2) is 28.6 Å². The van der Waals surface area contributed by atoms with Gasteiger partial charge in [0, 0.05) is 24.9 Å². The van der Waals surface area contributed by atoms with Crippen LogP contribution in [0.3, 0.4) is 0 Å². The zero-order chi connectivity index (χ0) is 21.6. The zero-order valence-electron chi connectivity index (χ0n) is 17.4. The van der Waals surface area contributed by atoms with Gasteiger partial charge in [-0.2, -0.15) is 0 Å². The van der Waals surface area contributed by atoms with Crippen LogP contribution in [0.5, 0.6) is 0 Å². The molecule has 30 heavy (non-hydrogen) atoms. The van der Waals surface area contributed by atoms with Crippen molar-refractivity contribution in [2.45, 2.75) is 39.0 Å². The van der Waals surface area contributed by atoms with Crippen molar-refractivity contribution in [2.75, 3.05) is 11.9 Å². The monoisotopic (exact) mass is 422 g/mol. The van der Waals surface area contributed by atoms with E-state index in [0.29, 0.717) is 17.1 Å². The molecule has 7 heteroatoms. The highest BCUT2D eigenvalue weighted by Gasteiger charge is 2.14. The molecule has 0 saturated heterocycles. The maximum atomic E-state index is 12.3. The molecule has 0 radical (unpaired) electrons. The summed E-state index contributed by atoms with van der Waals surface area (Å²) in [6, 6.07) is 17.5. The average molecular weight is 423 g/mol. The van der Waals surface area contributed by atoms with Crippen LogP contribution in [0.25, 0.3) is 0 Å². The van der Waals surface area contributed by atoms with Crippen molar-refractivity contribution >= 4 is 28.3 Å². The Morgan fingerprint density at radius 2 is 1.67 bits per heavy atom. The lowest BCUT2D eigenvalue weighted by Crippen LogP contribution is -2.27. The lowest BCUT2D eigenvalue weighted by atomic mass is 9.87. The molecule has 0 aliphatic carbocycles. The van der Waals surface area contributed by atoms with Gasteiger partial charge in [-0.1, -0.05) is 74.6 Å².